The molecule has 2 rings (SSSR count). The molecule has 0 radical (unpaired) electrons. The maximum absolute atomic E-state index is 10.3. The summed E-state index contributed by atoms with van der Waals surface area (Å²) in [6.45, 7) is 20.8. The molecule has 0 amide bonds. The zero-order chi connectivity index (χ0) is 27.5. The Morgan fingerprint density at radius 2 is 1.03 bits per heavy atom. The van der Waals surface area contributed by atoms with Crippen molar-refractivity contribution < 1.29 is 19.8 Å². The number of Topliss-reactive ketones (excluding diaryl/α,β-unsaturated/α-hetero) is 2. The normalized spacial score (nSPS) is 8.68. The highest BCUT2D eigenvalue weighted by Gasteiger charge is 1.95. The van der Waals surface area contributed by atoms with Gasteiger partial charge in [-0.15, -0.1) is 0 Å². The first-order valence-corrected chi connectivity index (χ1v) is 12.1. The van der Waals surface area contributed by atoms with Gasteiger partial charge in [-0.2, -0.15) is 0 Å². The Balaban J connectivity index is -0.000000164. The summed E-state index contributed by atoms with van der Waals surface area (Å²) in [7, 11) is 0. The minimum atomic E-state index is -0.167. The van der Waals surface area contributed by atoms with Crippen LogP contribution in [0.25, 0.3) is 0 Å². The third kappa shape index (κ3) is 47.5. The third-order valence-electron chi connectivity index (χ3n) is 3.56. The van der Waals surface area contributed by atoms with E-state index in [1.54, 1.807) is 34.6 Å². The maximum Gasteiger partial charge on any atom is 0.130 e. The van der Waals surface area contributed by atoms with Gasteiger partial charge >= 0.3 is 0 Å². The fourth-order valence-corrected chi connectivity index (χ4v) is 1.77. The average Bonchev–Trinajstić information content (AvgIpc) is 2.71. The Morgan fingerprint density at radius 1 is 0.735 bits per heavy atom. The van der Waals surface area contributed by atoms with Crippen LogP contribution in [0.4, 0.5) is 0 Å². The first-order valence-electron chi connectivity index (χ1n) is 12.1. The highest BCUT2D eigenvalue weighted by atomic mass is 16.3. The van der Waals surface area contributed by atoms with Gasteiger partial charge < -0.3 is 19.8 Å². The van der Waals surface area contributed by atoms with Crippen molar-refractivity contribution in [2.45, 2.75) is 95.1 Å². The number of hydrogen-bond donors (Lipinski definition) is 2. The zero-order valence-corrected chi connectivity index (χ0v) is 23.7. The number of aliphatic hydroxyl groups excluding tert-OH is 2. The third-order valence-corrected chi connectivity index (χ3v) is 3.56. The lowest BCUT2D eigenvalue weighted by Crippen LogP contribution is -1.95. The van der Waals surface area contributed by atoms with Gasteiger partial charge in [0.2, 0.25) is 0 Å². The van der Waals surface area contributed by atoms with Gasteiger partial charge in [0.25, 0.3) is 0 Å². The zero-order valence-electron chi connectivity index (χ0n) is 23.7. The second-order valence-corrected chi connectivity index (χ2v) is 8.50. The van der Waals surface area contributed by atoms with Gasteiger partial charge in [0.15, 0.2) is 0 Å². The number of benzene rings is 2. The van der Waals surface area contributed by atoms with Crippen molar-refractivity contribution in [3.05, 3.63) is 71.3 Å². The van der Waals surface area contributed by atoms with Crippen molar-refractivity contribution in [2.24, 2.45) is 5.92 Å². The van der Waals surface area contributed by atoms with Crippen LogP contribution < -0.4 is 0 Å². The fraction of sp³-hybridized carbons (Fsp3) is 0.533. The van der Waals surface area contributed by atoms with Gasteiger partial charge in [-0.05, 0) is 72.4 Å². The summed E-state index contributed by atoms with van der Waals surface area (Å²) in [5.74, 6) is 1.07. The van der Waals surface area contributed by atoms with Gasteiger partial charge in [-0.1, -0.05) is 80.9 Å². The van der Waals surface area contributed by atoms with Crippen LogP contribution >= 0.6 is 0 Å². The van der Waals surface area contributed by atoms with Crippen LogP contribution in [0.2, 0.25) is 0 Å². The molecule has 0 aliphatic heterocycles. The van der Waals surface area contributed by atoms with E-state index in [4.69, 9.17) is 10.2 Å². The molecule has 2 aromatic rings. The fourth-order valence-electron chi connectivity index (χ4n) is 1.77. The average molecular weight is 477 g/mol. The van der Waals surface area contributed by atoms with Crippen LogP contribution in [0, 0.1) is 26.7 Å². The molecule has 0 aliphatic carbocycles. The quantitative estimate of drug-likeness (QED) is 0.488. The molecular formula is C30H52O4. The van der Waals surface area contributed by atoms with E-state index in [9.17, 15) is 9.59 Å². The number of ketones is 2. The predicted octanol–water partition coefficient (Wildman–Crippen LogP) is 7.29. The van der Waals surface area contributed by atoms with Crippen LogP contribution in [-0.4, -0.2) is 34.5 Å². The number of carbonyl (C=O) groups excluding carboxylic acids is 2. The molecule has 0 saturated carbocycles. The van der Waals surface area contributed by atoms with Crippen molar-refractivity contribution >= 4 is 11.6 Å². The van der Waals surface area contributed by atoms with Crippen LogP contribution in [0.15, 0.2) is 54.6 Å². The van der Waals surface area contributed by atoms with Gasteiger partial charge in [-0.3, -0.25) is 0 Å². The van der Waals surface area contributed by atoms with Crippen molar-refractivity contribution in [2.75, 3.05) is 6.61 Å². The molecule has 2 aromatic carbocycles. The smallest absolute Gasteiger partial charge is 0.130 e. The lowest BCUT2D eigenvalue weighted by atomic mass is 10.1. The molecule has 0 saturated heterocycles. The SMILES string of the molecule is CC(=O)CC(C)C.CC(C)O.CCC(C)=O.CCO.Cc1ccccc1.Cc1ccccc1C. The summed E-state index contributed by atoms with van der Waals surface area (Å²) in [5, 5.41) is 15.6. The highest BCUT2D eigenvalue weighted by Crippen LogP contribution is 2.02. The minimum absolute atomic E-state index is 0.167. The summed E-state index contributed by atoms with van der Waals surface area (Å²) in [6.07, 6.45) is 1.22. The molecule has 0 atom stereocenters. The number of carbonyl (C=O) groups is 2. The minimum Gasteiger partial charge on any atom is -0.397 e. The second-order valence-electron chi connectivity index (χ2n) is 8.50. The molecule has 0 bridgehead atoms. The monoisotopic (exact) mass is 476 g/mol. The molecule has 0 unspecified atom stereocenters. The highest BCUT2D eigenvalue weighted by molar-refractivity contribution is 5.75. The molecule has 0 fully saturated rings. The Bertz CT molecular complexity index is 668. The van der Waals surface area contributed by atoms with Crippen molar-refractivity contribution in [1.82, 2.24) is 0 Å². The van der Waals surface area contributed by atoms with Crippen molar-refractivity contribution in [3.8, 4) is 0 Å². The maximum atomic E-state index is 10.3. The van der Waals surface area contributed by atoms with E-state index in [2.05, 4.69) is 57.2 Å². The molecule has 4 nitrogen and oxygen atoms in total. The van der Waals surface area contributed by atoms with Crippen LogP contribution in [0.1, 0.15) is 84.9 Å². The van der Waals surface area contributed by atoms with Crippen molar-refractivity contribution in [3.63, 3.8) is 0 Å². The summed E-state index contributed by atoms with van der Waals surface area (Å²) in [6, 6.07) is 18.6. The molecule has 2 N–H and O–H groups in total. The molecule has 4 heteroatoms. The Labute approximate surface area is 210 Å². The lowest BCUT2D eigenvalue weighted by molar-refractivity contribution is -0.118. The standard InChI is InChI=1S/C8H10.C7H8.C6H12O.C4H8O.C3H8O.C2H6O/c1-7-5-3-4-6-8(7)2;1-7-5-3-2-4-6-7;1-5(2)4-6(3)7;1-3-4(2)5;1-3(2)4;1-2-3/h3-6H,1-2H3;2-6H,1H3;5H,4H2,1-3H3;3H2,1-2H3;3-4H,1-2H3;3H,2H2,1H3. The van der Waals surface area contributed by atoms with Crippen LogP contribution in [0.3, 0.4) is 0 Å². The molecule has 34 heavy (non-hydrogen) atoms. The number of hydrogen-bond acceptors (Lipinski definition) is 4. The molecule has 196 valence electrons. The number of rotatable bonds is 3. The molecule has 0 heterocycles. The van der Waals surface area contributed by atoms with Gasteiger partial charge in [-0.25, -0.2) is 0 Å². The van der Waals surface area contributed by atoms with E-state index < -0.39 is 0 Å². The van der Waals surface area contributed by atoms with Gasteiger partial charge in [0, 0.05) is 25.6 Å². The summed E-state index contributed by atoms with van der Waals surface area (Å²) in [4.78, 5) is 20.1. The Kier molecular flexibility index (Phi) is 32.9. The number of aryl methyl sites for hydroxylation is 3. The van der Waals surface area contributed by atoms with E-state index in [1.165, 1.54) is 16.7 Å². The number of aliphatic hydroxyl groups is 2. The molecular weight excluding hydrogens is 424 g/mol. The van der Waals surface area contributed by atoms with E-state index >= 15 is 0 Å². The summed E-state index contributed by atoms with van der Waals surface area (Å²) < 4.78 is 0. The molecule has 0 spiro atoms. The van der Waals surface area contributed by atoms with E-state index in [-0.39, 0.29) is 24.3 Å². The molecule has 0 aromatic heterocycles. The van der Waals surface area contributed by atoms with E-state index in [0.29, 0.717) is 12.3 Å². The second kappa shape index (κ2) is 28.7. The van der Waals surface area contributed by atoms with E-state index in [0.717, 1.165) is 6.42 Å². The topological polar surface area (TPSA) is 74.6 Å². The first-order chi connectivity index (χ1) is 15.7. The molecule has 0 aliphatic rings. The van der Waals surface area contributed by atoms with Crippen LogP contribution in [0.5, 0.6) is 0 Å². The van der Waals surface area contributed by atoms with Gasteiger partial charge in [0.1, 0.15) is 11.6 Å². The lowest BCUT2D eigenvalue weighted by Gasteiger charge is -1.95. The largest absolute Gasteiger partial charge is 0.397 e. The van der Waals surface area contributed by atoms with Gasteiger partial charge in [0.05, 0.1) is 0 Å². The first kappa shape index (κ1) is 38.9. The summed E-state index contributed by atoms with van der Waals surface area (Å²) >= 11 is 0. The summed E-state index contributed by atoms with van der Waals surface area (Å²) in [5.41, 5.74) is 4.06. The van der Waals surface area contributed by atoms with E-state index in [1.807, 2.05) is 39.0 Å². The predicted molar refractivity (Wildman–Crippen MR) is 148 cm³/mol. The van der Waals surface area contributed by atoms with Crippen molar-refractivity contribution in [1.29, 1.82) is 0 Å². The van der Waals surface area contributed by atoms with Crippen LogP contribution in [-0.2, 0) is 9.59 Å². The Morgan fingerprint density at radius 3 is 1.15 bits per heavy atom. The Hall–Kier alpha value is -2.30.